The molecule has 3 aromatic carbocycles. The van der Waals surface area contributed by atoms with E-state index in [0.29, 0.717) is 28.6 Å². The van der Waals surface area contributed by atoms with Crippen molar-refractivity contribution in [2.24, 2.45) is 0 Å². The van der Waals surface area contributed by atoms with Gasteiger partial charge in [0.15, 0.2) is 0 Å². The number of rotatable bonds is 8. The van der Waals surface area contributed by atoms with Gasteiger partial charge >= 0.3 is 0 Å². The van der Waals surface area contributed by atoms with Gasteiger partial charge in [-0.25, -0.2) is 9.37 Å². The molecule has 0 radical (unpaired) electrons. The number of carbonyl (C=O) groups excluding carboxylic acids is 1. The van der Waals surface area contributed by atoms with Gasteiger partial charge in [0.05, 0.1) is 24.1 Å². The van der Waals surface area contributed by atoms with Crippen molar-refractivity contribution in [2.45, 2.75) is 18.9 Å². The molecule has 3 heterocycles. The summed E-state index contributed by atoms with van der Waals surface area (Å²) in [6.07, 6.45) is 3.81. The highest BCUT2D eigenvalue weighted by molar-refractivity contribution is 6.38. The van der Waals surface area contributed by atoms with E-state index < -0.39 is 0 Å². The molecule has 0 saturated carbocycles. The van der Waals surface area contributed by atoms with Crippen molar-refractivity contribution in [3.8, 4) is 11.3 Å². The molecule has 3 N–H and O–H groups in total. The van der Waals surface area contributed by atoms with Crippen LogP contribution in [0.1, 0.15) is 29.8 Å². The molecule has 0 unspecified atom stereocenters. The first-order valence-electron chi connectivity index (χ1n) is 13.6. The van der Waals surface area contributed by atoms with Crippen LogP contribution in [0.4, 0.5) is 15.8 Å². The van der Waals surface area contributed by atoms with E-state index in [0.717, 1.165) is 67.3 Å². The van der Waals surface area contributed by atoms with Gasteiger partial charge in [0.25, 0.3) is 5.91 Å². The van der Waals surface area contributed by atoms with Crippen molar-refractivity contribution < 1.29 is 13.9 Å². The van der Waals surface area contributed by atoms with Crippen LogP contribution in [0, 0.1) is 5.82 Å². The van der Waals surface area contributed by atoms with E-state index in [4.69, 9.17) is 4.74 Å². The summed E-state index contributed by atoms with van der Waals surface area (Å²) < 4.78 is 19.7. The SMILES string of the molecule is COCCN1CCC(Nc2ccc3c(c2)C(=C(c2cccc(F)c2)c2ncc(-c4ccccc4)[nH]2)C(=O)N3)CC1. The number of aromatic amines is 1. The lowest BCUT2D eigenvalue weighted by molar-refractivity contribution is -0.110. The summed E-state index contributed by atoms with van der Waals surface area (Å²) in [4.78, 5) is 23.9. The van der Waals surface area contributed by atoms with Crippen LogP contribution in [-0.4, -0.2) is 60.2 Å². The van der Waals surface area contributed by atoms with Crippen molar-refractivity contribution >= 4 is 28.4 Å². The largest absolute Gasteiger partial charge is 0.383 e. The average molecular weight is 538 g/mol. The van der Waals surface area contributed by atoms with E-state index in [1.165, 1.54) is 12.1 Å². The second kappa shape index (κ2) is 11.5. The van der Waals surface area contributed by atoms with Gasteiger partial charge in [-0.1, -0.05) is 42.5 Å². The van der Waals surface area contributed by atoms with Gasteiger partial charge in [-0.2, -0.15) is 0 Å². The fourth-order valence-corrected chi connectivity index (χ4v) is 5.52. The first-order valence-corrected chi connectivity index (χ1v) is 13.6. The molecule has 8 heteroatoms. The Morgan fingerprint density at radius 3 is 2.67 bits per heavy atom. The fourth-order valence-electron chi connectivity index (χ4n) is 5.52. The quantitative estimate of drug-likeness (QED) is 0.253. The number of carbonyl (C=O) groups is 1. The van der Waals surface area contributed by atoms with Crippen molar-refractivity contribution in [1.82, 2.24) is 14.9 Å². The van der Waals surface area contributed by atoms with E-state index in [-0.39, 0.29) is 11.7 Å². The topological polar surface area (TPSA) is 82.3 Å². The van der Waals surface area contributed by atoms with Gasteiger partial charge < -0.3 is 25.3 Å². The van der Waals surface area contributed by atoms with Crippen LogP contribution in [0.15, 0.2) is 79.0 Å². The molecule has 7 nitrogen and oxygen atoms in total. The number of anilines is 2. The third-order valence-electron chi connectivity index (χ3n) is 7.59. The van der Waals surface area contributed by atoms with Gasteiger partial charge in [-0.3, -0.25) is 4.79 Å². The highest BCUT2D eigenvalue weighted by Crippen LogP contribution is 2.41. The number of benzene rings is 3. The smallest absolute Gasteiger partial charge is 0.257 e. The molecule has 1 fully saturated rings. The summed E-state index contributed by atoms with van der Waals surface area (Å²) in [7, 11) is 1.73. The summed E-state index contributed by atoms with van der Waals surface area (Å²) >= 11 is 0. The third kappa shape index (κ3) is 5.41. The Morgan fingerprint density at radius 1 is 1.07 bits per heavy atom. The number of ether oxygens (including phenoxy) is 1. The summed E-state index contributed by atoms with van der Waals surface area (Å²) in [6, 6.07) is 22.4. The monoisotopic (exact) mass is 537 g/mol. The zero-order valence-corrected chi connectivity index (χ0v) is 22.4. The first-order chi connectivity index (χ1) is 19.6. The molecular formula is C32H32FN5O2. The molecule has 2 aliphatic heterocycles. The van der Waals surface area contributed by atoms with Crippen molar-refractivity contribution in [1.29, 1.82) is 0 Å². The number of hydrogen-bond donors (Lipinski definition) is 3. The molecule has 1 aromatic heterocycles. The van der Waals surface area contributed by atoms with E-state index >= 15 is 0 Å². The number of likely N-dealkylation sites (tertiary alicyclic amines) is 1. The van der Waals surface area contributed by atoms with Crippen LogP contribution in [0.5, 0.6) is 0 Å². The highest BCUT2D eigenvalue weighted by atomic mass is 19.1. The number of nitrogens with zero attached hydrogens (tertiary/aromatic N) is 2. The molecule has 0 aliphatic carbocycles. The van der Waals surface area contributed by atoms with Gasteiger partial charge in [0.1, 0.15) is 11.6 Å². The lowest BCUT2D eigenvalue weighted by Crippen LogP contribution is -2.40. The third-order valence-corrected chi connectivity index (χ3v) is 7.59. The second-order valence-corrected chi connectivity index (χ2v) is 10.2. The minimum absolute atomic E-state index is 0.240. The Labute approximate surface area is 233 Å². The van der Waals surface area contributed by atoms with Gasteiger partial charge in [0, 0.05) is 55.3 Å². The number of fused-ring (bicyclic) bond motifs is 1. The van der Waals surface area contributed by atoms with Gasteiger partial charge in [-0.15, -0.1) is 0 Å². The Bertz CT molecular complexity index is 1540. The highest BCUT2D eigenvalue weighted by Gasteiger charge is 2.31. The molecule has 0 spiro atoms. The number of amides is 1. The predicted octanol–water partition coefficient (Wildman–Crippen LogP) is 5.65. The minimum Gasteiger partial charge on any atom is -0.383 e. The van der Waals surface area contributed by atoms with Crippen LogP contribution in [0.25, 0.3) is 22.4 Å². The van der Waals surface area contributed by atoms with Crippen LogP contribution in [-0.2, 0) is 9.53 Å². The number of aromatic nitrogens is 2. The minimum atomic E-state index is -0.378. The maximum Gasteiger partial charge on any atom is 0.257 e. The van der Waals surface area contributed by atoms with Crippen LogP contribution < -0.4 is 10.6 Å². The molecule has 1 amide bonds. The van der Waals surface area contributed by atoms with Crippen LogP contribution in [0.2, 0.25) is 0 Å². The number of piperidine rings is 1. The Balaban J connectivity index is 1.36. The zero-order chi connectivity index (χ0) is 27.5. The Morgan fingerprint density at radius 2 is 1.90 bits per heavy atom. The summed E-state index contributed by atoms with van der Waals surface area (Å²) in [5, 5.41) is 6.67. The van der Waals surface area contributed by atoms with E-state index in [2.05, 4.69) is 25.5 Å². The molecule has 2 aliphatic rings. The van der Waals surface area contributed by atoms with Gasteiger partial charge in [-0.05, 0) is 54.3 Å². The van der Waals surface area contributed by atoms with E-state index in [1.807, 2.05) is 48.5 Å². The number of hydrogen-bond acceptors (Lipinski definition) is 5. The van der Waals surface area contributed by atoms with E-state index in [1.54, 1.807) is 25.4 Å². The van der Waals surface area contributed by atoms with Crippen molar-refractivity contribution in [2.75, 3.05) is 44.0 Å². The molecule has 4 aromatic rings. The maximum atomic E-state index is 14.4. The first kappa shape index (κ1) is 26.0. The number of methoxy groups -OCH3 is 1. The van der Waals surface area contributed by atoms with Crippen molar-refractivity contribution in [3.05, 3.63) is 102 Å². The normalized spacial score (nSPS) is 17.0. The van der Waals surface area contributed by atoms with E-state index in [9.17, 15) is 9.18 Å². The number of halogens is 1. The van der Waals surface area contributed by atoms with Crippen LogP contribution in [0.3, 0.4) is 0 Å². The molecule has 204 valence electrons. The molecule has 40 heavy (non-hydrogen) atoms. The second-order valence-electron chi connectivity index (χ2n) is 10.2. The lowest BCUT2D eigenvalue weighted by atomic mass is 9.94. The summed E-state index contributed by atoms with van der Waals surface area (Å²) in [6.45, 7) is 3.73. The van der Waals surface area contributed by atoms with Gasteiger partial charge in [0.2, 0.25) is 0 Å². The lowest BCUT2D eigenvalue weighted by Gasteiger charge is -2.32. The molecule has 0 bridgehead atoms. The molecule has 6 rings (SSSR count). The van der Waals surface area contributed by atoms with Crippen molar-refractivity contribution in [3.63, 3.8) is 0 Å². The maximum absolute atomic E-state index is 14.4. The number of H-pyrrole nitrogens is 1. The zero-order valence-electron chi connectivity index (χ0n) is 22.4. The summed E-state index contributed by atoms with van der Waals surface area (Å²) in [5.74, 6) is -0.115. The average Bonchev–Trinajstić information content (AvgIpc) is 3.58. The van der Waals surface area contributed by atoms with Crippen LogP contribution >= 0.6 is 0 Å². The number of imidazole rings is 1. The number of nitrogens with one attached hydrogen (secondary N) is 3. The standard InChI is InChI=1S/C32H32FN5O2/c1-40-17-16-38-14-12-24(13-15-38)35-25-10-11-27-26(19-25)30(32(39)37-27)29(22-8-5-9-23(33)18-22)31-34-20-28(36-31)21-6-3-2-4-7-21/h2-11,18-20,24,35H,12-17H2,1H3,(H,34,36)(H,37,39). The Hall–Kier alpha value is -4.27. The molecule has 0 atom stereocenters. The fraction of sp³-hybridized carbons (Fsp3) is 0.250. The Kier molecular flexibility index (Phi) is 7.44. The molecule has 1 saturated heterocycles. The predicted molar refractivity (Wildman–Crippen MR) is 156 cm³/mol. The summed E-state index contributed by atoms with van der Waals surface area (Å²) in [5.41, 5.74) is 5.83. The molecular weight excluding hydrogens is 505 g/mol.